The minimum absolute atomic E-state index is 0.179. The van der Waals surface area contributed by atoms with Gasteiger partial charge in [-0.1, -0.05) is 164 Å². The summed E-state index contributed by atoms with van der Waals surface area (Å²) in [5.41, 5.74) is 0. The zero-order valence-electron chi connectivity index (χ0n) is 42.9. The molecule has 0 aliphatic rings. The van der Waals surface area contributed by atoms with Gasteiger partial charge in [0.25, 0.3) is 0 Å². The topological polar surface area (TPSA) is 225 Å². The summed E-state index contributed by atoms with van der Waals surface area (Å²) in [4.78, 5) is 43.9. The lowest BCUT2D eigenvalue weighted by Gasteiger charge is -2.19. The summed E-state index contributed by atoms with van der Waals surface area (Å²) < 4.78 is 53.1. The molecule has 0 rings (SSSR count). The highest BCUT2D eigenvalue weighted by molar-refractivity contribution is 7.47. The van der Waals surface area contributed by atoms with Crippen molar-refractivity contribution < 1.29 is 71.4 Å². The lowest BCUT2D eigenvalue weighted by atomic mass is 10.1. The number of hydrogen-bond acceptors (Lipinski definition) is 13. The highest BCUT2D eigenvalue weighted by Gasteiger charge is 2.28. The maximum Gasteiger partial charge on any atom is 0.472 e. The first-order chi connectivity index (χ1) is 33.8. The molecular weight excluding hydrogens is 939 g/mol. The van der Waals surface area contributed by atoms with Crippen LogP contribution in [0.1, 0.15) is 194 Å². The summed E-state index contributed by atoms with van der Waals surface area (Å²) in [7, 11) is -9.59. The number of aliphatic hydroxyl groups is 3. The van der Waals surface area contributed by atoms with Crippen molar-refractivity contribution in [2.75, 3.05) is 39.6 Å². The van der Waals surface area contributed by atoms with Crippen molar-refractivity contribution in [2.45, 2.75) is 212 Å². The van der Waals surface area contributed by atoms with Gasteiger partial charge in [0.2, 0.25) is 0 Å². The lowest BCUT2D eigenvalue weighted by Crippen LogP contribution is -2.25. The van der Waals surface area contributed by atoms with Crippen molar-refractivity contribution in [3.05, 3.63) is 72.9 Å². The molecule has 0 amide bonds. The normalized spacial score (nSPS) is 15.5. The molecule has 0 spiro atoms. The van der Waals surface area contributed by atoms with E-state index in [2.05, 4.69) is 95.8 Å². The third-order valence-electron chi connectivity index (χ3n) is 10.6. The smallest absolute Gasteiger partial charge is 0.463 e. The van der Waals surface area contributed by atoms with Crippen LogP contribution in [0.4, 0.5) is 0 Å². The summed E-state index contributed by atoms with van der Waals surface area (Å²) in [6.07, 6.45) is 50.2. The SMILES string of the molecule is CCCCC/C=C\C/C=C\C/C=C\CCCCCCCCC(=O)OCC(O)COP(=O)(O)OCC(O)COP(=O)(O)OCC(O)COC(=O)CCCCCCCC/C=C\C/C=C\C/C=C\CCCCC. The van der Waals surface area contributed by atoms with Crippen molar-refractivity contribution in [2.24, 2.45) is 0 Å². The van der Waals surface area contributed by atoms with E-state index in [1.54, 1.807) is 0 Å². The molecule has 0 aromatic rings. The van der Waals surface area contributed by atoms with Crippen LogP contribution in [0.25, 0.3) is 0 Å². The second kappa shape index (κ2) is 48.7. The van der Waals surface area contributed by atoms with E-state index >= 15 is 0 Å². The van der Waals surface area contributed by atoms with E-state index in [4.69, 9.17) is 18.5 Å². The van der Waals surface area contributed by atoms with E-state index in [0.717, 1.165) is 103 Å². The molecule has 0 saturated carbocycles. The van der Waals surface area contributed by atoms with E-state index in [9.17, 15) is 43.8 Å². The minimum Gasteiger partial charge on any atom is -0.463 e. The van der Waals surface area contributed by atoms with Crippen molar-refractivity contribution in [1.29, 1.82) is 0 Å². The molecule has 0 radical (unpaired) electrons. The van der Waals surface area contributed by atoms with Gasteiger partial charge in [0.15, 0.2) is 0 Å². The Kier molecular flexibility index (Phi) is 47.0. The van der Waals surface area contributed by atoms with E-state index in [-0.39, 0.29) is 12.8 Å². The molecule has 70 heavy (non-hydrogen) atoms. The Labute approximate surface area is 422 Å². The van der Waals surface area contributed by atoms with Crippen LogP contribution in [0.15, 0.2) is 72.9 Å². The van der Waals surface area contributed by atoms with Crippen LogP contribution in [0.3, 0.4) is 0 Å². The number of phosphoric acid groups is 2. The fourth-order valence-electron chi connectivity index (χ4n) is 6.52. The summed E-state index contributed by atoms with van der Waals surface area (Å²) >= 11 is 0. The molecule has 0 aromatic heterocycles. The van der Waals surface area contributed by atoms with Crippen molar-refractivity contribution in [3.63, 3.8) is 0 Å². The van der Waals surface area contributed by atoms with Crippen LogP contribution < -0.4 is 0 Å². The Morgan fingerprint density at radius 1 is 0.371 bits per heavy atom. The monoisotopic (exact) mass is 1030 g/mol. The number of aliphatic hydroxyl groups excluding tert-OH is 3. The van der Waals surface area contributed by atoms with Crippen LogP contribution in [-0.4, -0.2) is 95.0 Å². The van der Waals surface area contributed by atoms with Crippen LogP contribution in [0.5, 0.6) is 0 Å². The van der Waals surface area contributed by atoms with Gasteiger partial charge in [-0.3, -0.25) is 27.7 Å². The molecule has 0 fully saturated rings. The van der Waals surface area contributed by atoms with E-state index < -0.39 is 85.5 Å². The van der Waals surface area contributed by atoms with Gasteiger partial charge < -0.3 is 34.6 Å². The Morgan fingerprint density at radius 2 is 0.614 bits per heavy atom. The van der Waals surface area contributed by atoms with Crippen LogP contribution in [-0.2, 0) is 46.3 Å². The van der Waals surface area contributed by atoms with Gasteiger partial charge >= 0.3 is 27.6 Å². The van der Waals surface area contributed by atoms with Gasteiger partial charge in [0.05, 0.1) is 26.4 Å². The van der Waals surface area contributed by atoms with Crippen LogP contribution in [0, 0.1) is 0 Å². The molecule has 406 valence electrons. The fourth-order valence-corrected chi connectivity index (χ4v) is 8.11. The van der Waals surface area contributed by atoms with Gasteiger partial charge in [-0.25, -0.2) is 9.13 Å². The zero-order valence-corrected chi connectivity index (χ0v) is 44.7. The maximum absolute atomic E-state index is 12.2. The van der Waals surface area contributed by atoms with Crippen LogP contribution in [0.2, 0.25) is 0 Å². The molecule has 0 aliphatic heterocycles. The van der Waals surface area contributed by atoms with Crippen molar-refractivity contribution in [3.8, 4) is 0 Å². The third kappa shape index (κ3) is 50.4. The molecular formula is C53H94O15P2. The maximum atomic E-state index is 12.2. The quantitative estimate of drug-likeness (QED) is 0.0165. The number of ether oxygens (including phenoxy) is 2. The largest absolute Gasteiger partial charge is 0.472 e. The Bertz CT molecular complexity index is 1420. The molecule has 17 heteroatoms. The van der Waals surface area contributed by atoms with Gasteiger partial charge in [-0.15, -0.1) is 0 Å². The Balaban J connectivity index is 3.89. The number of unbranched alkanes of at least 4 members (excludes halogenated alkanes) is 18. The summed E-state index contributed by atoms with van der Waals surface area (Å²) in [5.74, 6) is -1.02. The lowest BCUT2D eigenvalue weighted by molar-refractivity contribution is -0.148. The first-order valence-electron chi connectivity index (χ1n) is 26.3. The first kappa shape index (κ1) is 67.5. The predicted octanol–water partition coefficient (Wildman–Crippen LogP) is 12.7. The molecule has 0 aromatic carbocycles. The first-order valence-corrected chi connectivity index (χ1v) is 29.3. The van der Waals surface area contributed by atoms with Gasteiger partial charge in [0, 0.05) is 12.8 Å². The van der Waals surface area contributed by atoms with E-state index in [0.29, 0.717) is 12.8 Å². The molecule has 0 aliphatic carbocycles. The number of hydrogen-bond donors (Lipinski definition) is 5. The van der Waals surface area contributed by atoms with Crippen molar-refractivity contribution >= 4 is 27.6 Å². The van der Waals surface area contributed by atoms with E-state index in [1.807, 2.05) is 0 Å². The average Bonchev–Trinajstić information content (AvgIpc) is 3.34. The highest BCUT2D eigenvalue weighted by atomic mass is 31.2. The number of carbonyl (C=O) groups is 2. The molecule has 0 bridgehead atoms. The average molecular weight is 1030 g/mol. The summed E-state index contributed by atoms with van der Waals surface area (Å²) in [6.45, 7) is 0.339. The minimum atomic E-state index is -4.80. The number of rotatable bonds is 50. The van der Waals surface area contributed by atoms with Gasteiger partial charge in [0.1, 0.15) is 31.5 Å². The number of allylic oxidation sites excluding steroid dienone is 12. The third-order valence-corrected chi connectivity index (χ3v) is 12.5. The second-order valence-corrected chi connectivity index (χ2v) is 20.4. The van der Waals surface area contributed by atoms with Crippen molar-refractivity contribution in [1.82, 2.24) is 0 Å². The van der Waals surface area contributed by atoms with Gasteiger partial charge in [-0.2, -0.15) is 0 Å². The predicted molar refractivity (Wildman–Crippen MR) is 279 cm³/mol. The van der Waals surface area contributed by atoms with Crippen LogP contribution >= 0.6 is 15.6 Å². The number of carbonyl (C=O) groups excluding carboxylic acids is 2. The molecule has 4 unspecified atom stereocenters. The van der Waals surface area contributed by atoms with Gasteiger partial charge in [-0.05, 0) is 89.9 Å². The molecule has 15 nitrogen and oxygen atoms in total. The number of phosphoric ester groups is 2. The standard InChI is InChI=1S/C53H94O15P2/c1-3-5-7-9-11-13-15-17-19-21-23-25-27-29-31-33-35-37-39-41-52(57)63-43-49(54)45-65-69(59,60)67-47-51(56)48-68-70(61,62)66-46-50(55)44-64-53(58)42-40-38-36-34-32-30-28-26-24-22-20-18-16-14-12-10-8-6-4-2/h11-14,17-20,23-26,49-51,54-56H,3-10,15-16,21-22,27-48H2,1-2H3,(H,59,60)(H,61,62)/b13-11-,14-12-,19-17-,20-18-,25-23-,26-24-. The molecule has 0 heterocycles. The summed E-state index contributed by atoms with van der Waals surface area (Å²) in [6, 6.07) is 0. The molecule has 4 atom stereocenters. The molecule has 0 saturated heterocycles. The second-order valence-electron chi connectivity index (χ2n) is 17.5. The Morgan fingerprint density at radius 3 is 0.914 bits per heavy atom. The number of esters is 2. The zero-order chi connectivity index (χ0) is 51.7. The highest BCUT2D eigenvalue weighted by Crippen LogP contribution is 2.45. The molecule has 5 N–H and O–H groups in total. The fraction of sp³-hybridized carbons (Fsp3) is 0.736. The Hall–Kier alpha value is -2.52. The summed E-state index contributed by atoms with van der Waals surface area (Å²) in [5, 5.41) is 30.1. The van der Waals surface area contributed by atoms with E-state index in [1.165, 1.54) is 51.4 Å².